The molecule has 0 atom stereocenters. The van der Waals surface area contributed by atoms with Crippen molar-refractivity contribution >= 4 is 43.6 Å². The van der Waals surface area contributed by atoms with E-state index in [0.717, 1.165) is 50.2 Å². The Morgan fingerprint density at radius 2 is 0.625 bits per heavy atom. The fourth-order valence-electron chi connectivity index (χ4n) is 8.26. The van der Waals surface area contributed by atoms with Crippen molar-refractivity contribution in [2.45, 2.75) is 0 Å². The second kappa shape index (κ2) is 13.0. The van der Waals surface area contributed by atoms with Gasteiger partial charge in [0.1, 0.15) is 0 Å². The van der Waals surface area contributed by atoms with Crippen LogP contribution in [0.3, 0.4) is 0 Å². The molecular formula is C51H33N5. The summed E-state index contributed by atoms with van der Waals surface area (Å²) in [7, 11) is 0. The number of benzene rings is 8. The smallest absolute Gasteiger partial charge is 0.164 e. The molecule has 0 aliphatic carbocycles. The van der Waals surface area contributed by atoms with Gasteiger partial charge in [0.25, 0.3) is 0 Å². The highest BCUT2D eigenvalue weighted by Gasteiger charge is 2.24. The normalized spacial score (nSPS) is 11.6. The van der Waals surface area contributed by atoms with Crippen LogP contribution in [0.2, 0.25) is 0 Å². The zero-order valence-corrected chi connectivity index (χ0v) is 30.3. The second-order valence-corrected chi connectivity index (χ2v) is 14.0. The Kier molecular flexibility index (Phi) is 7.42. The van der Waals surface area contributed by atoms with Crippen LogP contribution in [0.5, 0.6) is 0 Å². The lowest BCUT2D eigenvalue weighted by Crippen LogP contribution is -2.00. The van der Waals surface area contributed by atoms with Crippen LogP contribution in [0.4, 0.5) is 0 Å². The number of fused-ring (bicyclic) bond motifs is 6. The molecule has 0 fully saturated rings. The monoisotopic (exact) mass is 715 g/mol. The van der Waals surface area contributed by atoms with Crippen LogP contribution in [0.1, 0.15) is 0 Å². The third kappa shape index (κ3) is 5.13. The summed E-state index contributed by atoms with van der Waals surface area (Å²) in [6.07, 6.45) is 0. The molecule has 5 nitrogen and oxygen atoms in total. The molecule has 0 aliphatic heterocycles. The van der Waals surface area contributed by atoms with Gasteiger partial charge >= 0.3 is 0 Å². The molecule has 5 heteroatoms. The van der Waals surface area contributed by atoms with E-state index in [4.69, 9.17) is 15.0 Å². The molecule has 0 spiro atoms. The predicted octanol–water partition coefficient (Wildman–Crippen LogP) is 12.7. The quantitative estimate of drug-likeness (QED) is 0.172. The van der Waals surface area contributed by atoms with E-state index < -0.39 is 0 Å². The minimum atomic E-state index is 0.629. The standard InChI is InChI=1S/C51H33N5/c1-5-17-35(18-6-1)49-52-50(36-19-7-2-8-20-36)54-51(53-49)37-31-29-34(30-32-37)46-47-42(40-25-13-15-27-44(40)55(47)38-21-9-3-10-22-38)33-43-41-26-14-16-28-45(41)56(48(43)46)39-23-11-4-12-24-39/h1-33H. The maximum absolute atomic E-state index is 5.04. The van der Waals surface area contributed by atoms with Crippen molar-refractivity contribution in [2.24, 2.45) is 0 Å². The van der Waals surface area contributed by atoms with Crippen LogP contribution in [0.15, 0.2) is 200 Å². The molecule has 0 aliphatic rings. The summed E-state index contributed by atoms with van der Waals surface area (Å²) in [4.78, 5) is 15.0. The van der Waals surface area contributed by atoms with Gasteiger partial charge in [-0.3, -0.25) is 0 Å². The largest absolute Gasteiger partial charge is 0.309 e. The first-order valence-electron chi connectivity index (χ1n) is 18.9. The van der Waals surface area contributed by atoms with Gasteiger partial charge in [0, 0.05) is 55.2 Å². The summed E-state index contributed by atoms with van der Waals surface area (Å²) in [5.41, 5.74) is 12.0. The molecular weight excluding hydrogens is 683 g/mol. The van der Waals surface area contributed by atoms with E-state index in [2.05, 4.69) is 149 Å². The van der Waals surface area contributed by atoms with Gasteiger partial charge < -0.3 is 9.13 Å². The van der Waals surface area contributed by atoms with E-state index in [-0.39, 0.29) is 0 Å². The molecule has 0 unspecified atom stereocenters. The number of nitrogens with zero attached hydrogens (tertiary/aromatic N) is 5. The summed E-state index contributed by atoms with van der Waals surface area (Å²) in [6.45, 7) is 0. The fraction of sp³-hybridized carbons (Fsp3) is 0. The molecule has 0 radical (unpaired) electrons. The van der Waals surface area contributed by atoms with Crippen molar-refractivity contribution in [1.29, 1.82) is 0 Å². The van der Waals surface area contributed by atoms with E-state index in [1.165, 1.54) is 32.6 Å². The van der Waals surface area contributed by atoms with Crippen molar-refractivity contribution in [3.05, 3.63) is 200 Å². The van der Waals surface area contributed by atoms with Crippen molar-refractivity contribution < 1.29 is 0 Å². The number of para-hydroxylation sites is 4. The molecule has 0 N–H and O–H groups in total. The molecule has 3 aromatic heterocycles. The minimum absolute atomic E-state index is 0.629. The van der Waals surface area contributed by atoms with E-state index in [1.807, 2.05) is 60.7 Å². The Morgan fingerprint density at radius 1 is 0.286 bits per heavy atom. The predicted molar refractivity (Wildman–Crippen MR) is 230 cm³/mol. The fourth-order valence-corrected chi connectivity index (χ4v) is 8.26. The van der Waals surface area contributed by atoms with Gasteiger partial charge in [-0.2, -0.15) is 0 Å². The summed E-state index contributed by atoms with van der Waals surface area (Å²) >= 11 is 0. The summed E-state index contributed by atoms with van der Waals surface area (Å²) < 4.78 is 4.87. The SMILES string of the molecule is c1ccc(-c2nc(-c3ccccc3)nc(-c3ccc(-c4c5c(cc6c7ccccc7n(-c7ccccc7)c46)c4ccccc4n5-c4ccccc4)cc3)n2)cc1. The Labute approximate surface area is 323 Å². The highest BCUT2D eigenvalue weighted by molar-refractivity contribution is 6.25. The Bertz CT molecular complexity index is 3010. The molecule has 11 aromatic rings. The first-order chi connectivity index (χ1) is 27.8. The summed E-state index contributed by atoms with van der Waals surface area (Å²) in [5, 5.41) is 4.86. The maximum atomic E-state index is 5.04. The highest BCUT2D eigenvalue weighted by atomic mass is 15.0. The molecule has 262 valence electrons. The number of aromatic nitrogens is 5. The van der Waals surface area contributed by atoms with Crippen LogP contribution >= 0.6 is 0 Å². The van der Waals surface area contributed by atoms with Crippen molar-refractivity contribution in [3.8, 4) is 56.7 Å². The van der Waals surface area contributed by atoms with Crippen LogP contribution < -0.4 is 0 Å². The van der Waals surface area contributed by atoms with Crippen LogP contribution in [0.25, 0.3) is 100 Å². The lowest BCUT2D eigenvalue weighted by Gasteiger charge is -2.16. The lowest BCUT2D eigenvalue weighted by molar-refractivity contribution is 1.07. The van der Waals surface area contributed by atoms with Crippen LogP contribution in [0, 0.1) is 0 Å². The maximum Gasteiger partial charge on any atom is 0.164 e. The van der Waals surface area contributed by atoms with E-state index in [1.54, 1.807) is 0 Å². The van der Waals surface area contributed by atoms with Gasteiger partial charge in [0.15, 0.2) is 17.5 Å². The van der Waals surface area contributed by atoms with Crippen LogP contribution in [-0.2, 0) is 0 Å². The first-order valence-corrected chi connectivity index (χ1v) is 18.9. The lowest BCUT2D eigenvalue weighted by atomic mass is 9.96. The molecule has 56 heavy (non-hydrogen) atoms. The summed E-state index contributed by atoms with van der Waals surface area (Å²) in [6, 6.07) is 70.4. The Hall–Kier alpha value is -7.63. The van der Waals surface area contributed by atoms with E-state index in [9.17, 15) is 0 Å². The van der Waals surface area contributed by atoms with Crippen molar-refractivity contribution in [1.82, 2.24) is 24.1 Å². The molecule has 3 heterocycles. The average Bonchev–Trinajstić information content (AvgIpc) is 3.79. The van der Waals surface area contributed by atoms with E-state index >= 15 is 0 Å². The molecule has 0 amide bonds. The highest BCUT2D eigenvalue weighted by Crippen LogP contribution is 2.46. The molecule has 0 bridgehead atoms. The van der Waals surface area contributed by atoms with Gasteiger partial charge in [0.05, 0.1) is 22.1 Å². The van der Waals surface area contributed by atoms with Crippen LogP contribution in [-0.4, -0.2) is 24.1 Å². The third-order valence-corrected chi connectivity index (χ3v) is 10.7. The molecule has 8 aromatic carbocycles. The summed E-state index contributed by atoms with van der Waals surface area (Å²) in [5.74, 6) is 1.92. The first kappa shape index (κ1) is 31.9. The zero-order chi connectivity index (χ0) is 37.0. The third-order valence-electron chi connectivity index (χ3n) is 10.7. The average molecular weight is 716 g/mol. The van der Waals surface area contributed by atoms with Gasteiger partial charge in [-0.25, -0.2) is 15.0 Å². The molecule has 0 saturated carbocycles. The van der Waals surface area contributed by atoms with E-state index in [0.29, 0.717) is 17.5 Å². The number of rotatable bonds is 6. The Morgan fingerprint density at radius 3 is 1.05 bits per heavy atom. The van der Waals surface area contributed by atoms with Gasteiger partial charge in [0.2, 0.25) is 0 Å². The minimum Gasteiger partial charge on any atom is -0.309 e. The van der Waals surface area contributed by atoms with Gasteiger partial charge in [-0.15, -0.1) is 0 Å². The van der Waals surface area contributed by atoms with Gasteiger partial charge in [-0.05, 0) is 48.0 Å². The second-order valence-electron chi connectivity index (χ2n) is 14.0. The topological polar surface area (TPSA) is 48.5 Å². The molecule has 11 rings (SSSR count). The zero-order valence-electron chi connectivity index (χ0n) is 30.3. The van der Waals surface area contributed by atoms with Gasteiger partial charge in [-0.1, -0.05) is 158 Å². The van der Waals surface area contributed by atoms with Crippen molar-refractivity contribution in [3.63, 3.8) is 0 Å². The van der Waals surface area contributed by atoms with Crippen molar-refractivity contribution in [2.75, 3.05) is 0 Å². The number of hydrogen-bond acceptors (Lipinski definition) is 3. The molecule has 0 saturated heterocycles. The Balaban J connectivity index is 1.22. The number of hydrogen-bond donors (Lipinski definition) is 0.